The average Bonchev–Trinajstić information content (AvgIpc) is 2.34. The molecule has 86 valence electrons. The minimum atomic E-state index is -0.290. The van der Waals surface area contributed by atoms with E-state index in [1.54, 1.807) is 12.1 Å². The Balaban J connectivity index is 2.48. The first-order valence-corrected chi connectivity index (χ1v) is 5.06. The molecule has 4 nitrogen and oxygen atoms in total. The highest BCUT2D eigenvalue weighted by Gasteiger charge is 2.02. The standard InChI is InChI=1S/C12H16N2O2/c1-2-3-8-16-9-10-4-6-11(7-5-10)12(15)14-13/h2-7H,8-9,13H2,1H3,(H,14,15)/b3-2+. The Morgan fingerprint density at radius 3 is 2.69 bits per heavy atom. The van der Waals surface area contributed by atoms with E-state index >= 15 is 0 Å². The molecule has 1 aromatic carbocycles. The second kappa shape index (κ2) is 6.76. The van der Waals surface area contributed by atoms with Gasteiger partial charge in [0.25, 0.3) is 5.91 Å². The molecule has 0 spiro atoms. The van der Waals surface area contributed by atoms with Crippen LogP contribution in [0.15, 0.2) is 36.4 Å². The van der Waals surface area contributed by atoms with Crippen LogP contribution >= 0.6 is 0 Å². The van der Waals surface area contributed by atoms with Crippen molar-refractivity contribution in [3.63, 3.8) is 0 Å². The molecule has 1 amide bonds. The number of hydrogen-bond donors (Lipinski definition) is 2. The zero-order valence-corrected chi connectivity index (χ0v) is 9.27. The van der Waals surface area contributed by atoms with Crippen LogP contribution in [0.3, 0.4) is 0 Å². The third kappa shape index (κ3) is 3.84. The molecule has 0 aliphatic heterocycles. The topological polar surface area (TPSA) is 64.3 Å². The molecular weight excluding hydrogens is 204 g/mol. The van der Waals surface area contributed by atoms with Crippen LogP contribution < -0.4 is 11.3 Å². The van der Waals surface area contributed by atoms with Gasteiger partial charge in [-0.25, -0.2) is 5.84 Å². The van der Waals surface area contributed by atoms with E-state index < -0.39 is 0 Å². The first-order valence-electron chi connectivity index (χ1n) is 5.06. The van der Waals surface area contributed by atoms with Crippen molar-refractivity contribution in [3.05, 3.63) is 47.5 Å². The number of carbonyl (C=O) groups excluding carboxylic acids is 1. The highest BCUT2D eigenvalue weighted by Crippen LogP contribution is 2.05. The van der Waals surface area contributed by atoms with Gasteiger partial charge in [0.2, 0.25) is 0 Å². The fourth-order valence-electron chi connectivity index (χ4n) is 1.18. The summed E-state index contributed by atoms with van der Waals surface area (Å²) in [5.74, 6) is 4.73. The number of hydrazine groups is 1. The maximum Gasteiger partial charge on any atom is 0.265 e. The van der Waals surface area contributed by atoms with Crippen LogP contribution in [0.1, 0.15) is 22.8 Å². The van der Waals surface area contributed by atoms with E-state index in [0.717, 1.165) is 5.56 Å². The van der Waals surface area contributed by atoms with Crippen molar-refractivity contribution >= 4 is 5.91 Å². The van der Waals surface area contributed by atoms with Gasteiger partial charge in [0.15, 0.2) is 0 Å². The number of rotatable bonds is 5. The van der Waals surface area contributed by atoms with Gasteiger partial charge in [0, 0.05) is 5.56 Å². The van der Waals surface area contributed by atoms with Crippen LogP contribution in [0.4, 0.5) is 0 Å². The van der Waals surface area contributed by atoms with Crippen molar-refractivity contribution < 1.29 is 9.53 Å². The molecule has 4 heteroatoms. The first kappa shape index (κ1) is 12.4. The molecule has 0 radical (unpaired) electrons. The second-order valence-corrected chi connectivity index (χ2v) is 3.25. The molecule has 1 rings (SSSR count). The van der Waals surface area contributed by atoms with E-state index in [0.29, 0.717) is 18.8 Å². The number of nitrogen functional groups attached to an aromatic ring is 1. The van der Waals surface area contributed by atoms with Crippen molar-refractivity contribution in [1.82, 2.24) is 5.43 Å². The van der Waals surface area contributed by atoms with Crippen molar-refractivity contribution in [1.29, 1.82) is 0 Å². The van der Waals surface area contributed by atoms with Crippen LogP contribution in [0.5, 0.6) is 0 Å². The van der Waals surface area contributed by atoms with Crippen molar-refractivity contribution in [2.45, 2.75) is 13.5 Å². The van der Waals surface area contributed by atoms with E-state index in [-0.39, 0.29) is 5.91 Å². The fourth-order valence-corrected chi connectivity index (χ4v) is 1.18. The minimum Gasteiger partial charge on any atom is -0.373 e. The predicted octanol–water partition coefficient (Wildman–Crippen LogP) is 1.38. The Morgan fingerprint density at radius 2 is 2.12 bits per heavy atom. The van der Waals surface area contributed by atoms with E-state index in [2.05, 4.69) is 5.43 Å². The maximum atomic E-state index is 11.1. The zero-order valence-electron chi connectivity index (χ0n) is 9.27. The van der Waals surface area contributed by atoms with Crippen LogP contribution in [0.2, 0.25) is 0 Å². The van der Waals surface area contributed by atoms with Gasteiger partial charge in [-0.2, -0.15) is 0 Å². The van der Waals surface area contributed by atoms with E-state index in [9.17, 15) is 4.79 Å². The van der Waals surface area contributed by atoms with Gasteiger partial charge >= 0.3 is 0 Å². The molecule has 0 unspecified atom stereocenters. The SMILES string of the molecule is C/C=C/COCc1ccc(C(=O)NN)cc1. The molecule has 0 heterocycles. The summed E-state index contributed by atoms with van der Waals surface area (Å²) in [4.78, 5) is 11.1. The monoisotopic (exact) mass is 220 g/mol. The van der Waals surface area contributed by atoms with E-state index in [4.69, 9.17) is 10.6 Å². The Hall–Kier alpha value is -1.65. The third-order valence-corrected chi connectivity index (χ3v) is 2.07. The third-order valence-electron chi connectivity index (χ3n) is 2.07. The Morgan fingerprint density at radius 1 is 1.44 bits per heavy atom. The minimum absolute atomic E-state index is 0.290. The van der Waals surface area contributed by atoms with E-state index in [1.807, 2.05) is 31.2 Å². The average molecular weight is 220 g/mol. The summed E-state index contributed by atoms with van der Waals surface area (Å²) in [5.41, 5.74) is 3.65. The molecular formula is C12H16N2O2. The van der Waals surface area contributed by atoms with Gasteiger partial charge in [-0.15, -0.1) is 0 Å². The highest BCUT2D eigenvalue weighted by atomic mass is 16.5. The molecule has 0 fully saturated rings. The zero-order chi connectivity index (χ0) is 11.8. The van der Waals surface area contributed by atoms with Gasteiger partial charge in [-0.3, -0.25) is 10.2 Å². The van der Waals surface area contributed by atoms with Gasteiger partial charge in [-0.05, 0) is 24.6 Å². The van der Waals surface area contributed by atoms with Gasteiger partial charge < -0.3 is 4.74 Å². The number of carbonyl (C=O) groups is 1. The van der Waals surface area contributed by atoms with Gasteiger partial charge in [0.1, 0.15) is 0 Å². The molecule has 0 aromatic heterocycles. The summed E-state index contributed by atoms with van der Waals surface area (Å²) in [5, 5.41) is 0. The molecule has 0 saturated heterocycles. The fraction of sp³-hybridized carbons (Fsp3) is 0.250. The van der Waals surface area contributed by atoms with Gasteiger partial charge in [0.05, 0.1) is 13.2 Å². The number of allylic oxidation sites excluding steroid dienone is 1. The molecule has 0 saturated carbocycles. The lowest BCUT2D eigenvalue weighted by atomic mass is 10.1. The molecule has 0 atom stereocenters. The summed E-state index contributed by atoms with van der Waals surface area (Å²) in [7, 11) is 0. The Labute approximate surface area is 95.1 Å². The highest BCUT2D eigenvalue weighted by molar-refractivity contribution is 5.93. The number of nitrogens with one attached hydrogen (secondary N) is 1. The molecule has 0 aliphatic carbocycles. The van der Waals surface area contributed by atoms with E-state index in [1.165, 1.54) is 0 Å². The lowest BCUT2D eigenvalue weighted by molar-refractivity contribution is 0.0953. The number of hydrogen-bond acceptors (Lipinski definition) is 3. The molecule has 3 N–H and O–H groups in total. The second-order valence-electron chi connectivity index (χ2n) is 3.25. The normalized spacial score (nSPS) is 10.6. The number of amides is 1. The largest absolute Gasteiger partial charge is 0.373 e. The summed E-state index contributed by atoms with van der Waals surface area (Å²) in [6, 6.07) is 7.13. The van der Waals surface area contributed by atoms with Crippen molar-refractivity contribution in [2.24, 2.45) is 5.84 Å². The molecule has 1 aromatic rings. The molecule has 0 bridgehead atoms. The summed E-state index contributed by atoms with van der Waals surface area (Å²) < 4.78 is 5.37. The lowest BCUT2D eigenvalue weighted by Gasteiger charge is -2.03. The summed E-state index contributed by atoms with van der Waals surface area (Å²) >= 11 is 0. The van der Waals surface area contributed by atoms with Gasteiger partial charge in [-0.1, -0.05) is 24.3 Å². The van der Waals surface area contributed by atoms with Crippen LogP contribution in [0, 0.1) is 0 Å². The molecule has 16 heavy (non-hydrogen) atoms. The summed E-state index contributed by atoms with van der Waals surface area (Å²) in [6.45, 7) is 3.08. The molecule has 0 aliphatic rings. The smallest absolute Gasteiger partial charge is 0.265 e. The lowest BCUT2D eigenvalue weighted by Crippen LogP contribution is -2.29. The maximum absolute atomic E-state index is 11.1. The first-order chi connectivity index (χ1) is 7.77. The van der Waals surface area contributed by atoms with Crippen molar-refractivity contribution in [3.8, 4) is 0 Å². The number of nitrogens with two attached hydrogens (primary N) is 1. The number of benzene rings is 1. The van der Waals surface area contributed by atoms with Crippen LogP contribution in [0.25, 0.3) is 0 Å². The van der Waals surface area contributed by atoms with Crippen LogP contribution in [-0.4, -0.2) is 12.5 Å². The summed E-state index contributed by atoms with van der Waals surface area (Å²) in [6.07, 6.45) is 3.88. The van der Waals surface area contributed by atoms with Crippen molar-refractivity contribution in [2.75, 3.05) is 6.61 Å². The predicted molar refractivity (Wildman–Crippen MR) is 62.6 cm³/mol. The number of ether oxygens (including phenoxy) is 1. The van der Waals surface area contributed by atoms with Crippen LogP contribution in [-0.2, 0) is 11.3 Å². The Bertz CT molecular complexity index is 358. The quantitative estimate of drug-likeness (QED) is 0.259. The Kier molecular flexibility index (Phi) is 5.25.